The Morgan fingerprint density at radius 1 is 0.897 bits per heavy atom. The highest BCUT2D eigenvalue weighted by atomic mass is 32.1. The van der Waals surface area contributed by atoms with Crippen molar-refractivity contribution in [1.29, 1.82) is 0 Å². The molecule has 5 aromatic rings. The van der Waals surface area contributed by atoms with Crippen molar-refractivity contribution in [2.75, 3.05) is 10.6 Å². The molecule has 0 aliphatic carbocycles. The third kappa shape index (κ3) is 5.65. The number of nitrogens with one attached hydrogen (secondary N) is 5. The summed E-state index contributed by atoms with van der Waals surface area (Å²) < 4.78 is 5.52. The number of nitrogens with zero attached hydrogens (tertiary/aromatic N) is 2. The first-order chi connectivity index (χ1) is 18.7. The molecule has 0 unspecified atom stereocenters. The first-order valence-electron chi connectivity index (χ1n) is 12.0. The third-order valence-electron chi connectivity index (χ3n) is 5.93. The van der Waals surface area contributed by atoms with Crippen LogP contribution in [0.3, 0.4) is 0 Å². The fourth-order valence-corrected chi connectivity index (χ4v) is 4.78. The molecule has 3 amide bonds. The number of ether oxygens (including phenoxy) is 1. The summed E-state index contributed by atoms with van der Waals surface area (Å²) in [4.78, 5) is 38.9. The minimum atomic E-state index is -0.643. The SMILES string of the molecule is Cc1cc(C(=O)Nc2ccccc2C(=O)Nc2n[nH]c3sc(OC(=O)NC(C)(C)c4ccccc4)cc23)n[nH]1. The highest BCUT2D eigenvalue weighted by molar-refractivity contribution is 7.20. The van der Waals surface area contributed by atoms with Crippen molar-refractivity contribution < 1.29 is 19.1 Å². The van der Waals surface area contributed by atoms with Crippen LogP contribution in [0.25, 0.3) is 10.2 Å². The van der Waals surface area contributed by atoms with Crippen LogP contribution in [-0.4, -0.2) is 38.3 Å². The number of aryl methyl sites for hydroxylation is 1. The van der Waals surface area contributed by atoms with E-state index in [1.807, 2.05) is 44.2 Å². The molecule has 0 radical (unpaired) electrons. The lowest BCUT2D eigenvalue weighted by Gasteiger charge is -2.26. The number of fused-ring (bicyclic) bond motifs is 1. The second kappa shape index (κ2) is 10.4. The molecular weight excluding hydrogens is 518 g/mol. The number of carbonyl (C=O) groups is 3. The van der Waals surface area contributed by atoms with E-state index in [0.717, 1.165) is 11.3 Å². The van der Waals surface area contributed by atoms with Crippen LogP contribution in [0, 0.1) is 6.92 Å². The summed E-state index contributed by atoms with van der Waals surface area (Å²) in [6, 6.07) is 19.4. The Bertz CT molecular complexity index is 1670. The van der Waals surface area contributed by atoms with Crippen molar-refractivity contribution in [2.24, 2.45) is 0 Å². The van der Waals surface area contributed by atoms with Crippen LogP contribution in [0.4, 0.5) is 16.3 Å². The van der Waals surface area contributed by atoms with Gasteiger partial charge in [0.1, 0.15) is 4.83 Å². The number of anilines is 2. The number of carbonyl (C=O) groups excluding carboxylic acids is 3. The minimum absolute atomic E-state index is 0.207. The Kier molecular flexibility index (Phi) is 6.86. The number of para-hydroxylation sites is 1. The van der Waals surface area contributed by atoms with Gasteiger partial charge in [0.2, 0.25) is 0 Å². The van der Waals surface area contributed by atoms with Gasteiger partial charge >= 0.3 is 6.09 Å². The molecular formula is C27H25N7O4S. The van der Waals surface area contributed by atoms with Crippen LogP contribution in [0.5, 0.6) is 5.06 Å². The Balaban J connectivity index is 1.28. The summed E-state index contributed by atoms with van der Waals surface area (Å²) in [7, 11) is 0. The molecule has 2 aromatic carbocycles. The summed E-state index contributed by atoms with van der Waals surface area (Å²) in [6.45, 7) is 5.56. The maximum atomic E-state index is 13.1. The van der Waals surface area contributed by atoms with E-state index in [9.17, 15) is 14.4 Å². The quantitative estimate of drug-likeness (QED) is 0.190. The van der Waals surface area contributed by atoms with E-state index in [0.29, 0.717) is 21.0 Å². The monoisotopic (exact) mass is 543 g/mol. The number of aromatic amines is 2. The van der Waals surface area contributed by atoms with Gasteiger partial charge in [0.25, 0.3) is 11.8 Å². The number of amides is 3. The lowest BCUT2D eigenvalue weighted by atomic mass is 9.95. The largest absolute Gasteiger partial charge is 0.414 e. The van der Waals surface area contributed by atoms with E-state index in [-0.39, 0.29) is 17.1 Å². The first kappa shape index (κ1) is 25.7. The molecule has 0 saturated carbocycles. The fourth-order valence-electron chi connectivity index (χ4n) is 3.92. The Hall–Kier alpha value is -4.97. The molecule has 0 bridgehead atoms. The van der Waals surface area contributed by atoms with Gasteiger partial charge in [-0.05, 0) is 44.5 Å². The summed E-state index contributed by atoms with van der Waals surface area (Å²) in [5, 5.41) is 22.9. The summed E-state index contributed by atoms with van der Waals surface area (Å²) in [5.41, 5.74) is 1.80. The van der Waals surface area contributed by atoms with Gasteiger partial charge in [0, 0.05) is 11.8 Å². The predicted molar refractivity (Wildman–Crippen MR) is 148 cm³/mol. The first-order valence-corrected chi connectivity index (χ1v) is 12.8. The number of hydrogen-bond donors (Lipinski definition) is 5. The molecule has 3 aromatic heterocycles. The number of benzene rings is 2. The molecule has 0 atom stereocenters. The van der Waals surface area contributed by atoms with Crippen LogP contribution < -0.4 is 20.7 Å². The van der Waals surface area contributed by atoms with Crippen molar-refractivity contribution >= 4 is 51.0 Å². The second-order valence-electron chi connectivity index (χ2n) is 9.28. The highest BCUT2D eigenvalue weighted by Crippen LogP contribution is 2.35. The molecule has 12 heteroatoms. The zero-order chi connectivity index (χ0) is 27.6. The van der Waals surface area contributed by atoms with E-state index < -0.39 is 23.4 Å². The molecule has 0 aliphatic rings. The fraction of sp³-hybridized carbons (Fsp3) is 0.148. The molecule has 0 aliphatic heterocycles. The van der Waals surface area contributed by atoms with Gasteiger partial charge in [-0.1, -0.05) is 53.8 Å². The van der Waals surface area contributed by atoms with E-state index >= 15 is 0 Å². The summed E-state index contributed by atoms with van der Waals surface area (Å²) >= 11 is 1.18. The third-order valence-corrected chi connectivity index (χ3v) is 6.85. The number of H-pyrrole nitrogens is 2. The van der Waals surface area contributed by atoms with Crippen molar-refractivity contribution in [3.63, 3.8) is 0 Å². The average Bonchev–Trinajstić information content (AvgIpc) is 3.61. The summed E-state index contributed by atoms with van der Waals surface area (Å²) in [6.07, 6.45) is -0.608. The molecule has 3 heterocycles. The second-order valence-corrected chi connectivity index (χ2v) is 10.3. The number of rotatable bonds is 7. The lowest BCUT2D eigenvalue weighted by molar-refractivity contribution is 0.102. The Morgan fingerprint density at radius 3 is 2.38 bits per heavy atom. The van der Waals surface area contributed by atoms with Crippen molar-refractivity contribution in [2.45, 2.75) is 26.3 Å². The molecule has 11 nitrogen and oxygen atoms in total. The zero-order valence-electron chi connectivity index (χ0n) is 21.3. The molecule has 5 N–H and O–H groups in total. The topological polar surface area (TPSA) is 154 Å². The van der Waals surface area contributed by atoms with Crippen molar-refractivity contribution in [1.82, 2.24) is 25.7 Å². The minimum Gasteiger partial charge on any atom is -0.399 e. The Morgan fingerprint density at radius 2 is 1.64 bits per heavy atom. The average molecular weight is 544 g/mol. The van der Waals surface area contributed by atoms with Gasteiger partial charge in [-0.25, -0.2) is 4.79 Å². The normalized spacial score (nSPS) is 11.3. The maximum Gasteiger partial charge on any atom is 0.414 e. The van der Waals surface area contributed by atoms with Crippen molar-refractivity contribution in [3.05, 3.63) is 89.2 Å². The van der Waals surface area contributed by atoms with Gasteiger partial charge < -0.3 is 20.7 Å². The van der Waals surface area contributed by atoms with E-state index in [1.165, 1.54) is 11.3 Å². The standard InChI is InChI=1S/C27H25N7O4S/c1-15-13-20(32-31-15)24(36)28-19-12-8-7-11-17(19)23(35)29-22-18-14-21(39-25(18)34-33-22)38-26(37)30-27(2,3)16-9-5-4-6-10-16/h4-14H,1-3H3,(H,28,36)(H,30,37)(H,31,32)(H2,29,33,34,35). The maximum absolute atomic E-state index is 13.1. The molecule has 0 spiro atoms. The van der Waals surface area contributed by atoms with Gasteiger partial charge in [-0.2, -0.15) is 10.2 Å². The van der Waals surface area contributed by atoms with E-state index in [4.69, 9.17) is 4.74 Å². The van der Waals surface area contributed by atoms with Crippen LogP contribution >= 0.6 is 11.3 Å². The lowest BCUT2D eigenvalue weighted by Crippen LogP contribution is -2.42. The van der Waals surface area contributed by atoms with Crippen LogP contribution in [0.1, 0.15) is 46.0 Å². The van der Waals surface area contributed by atoms with E-state index in [1.54, 1.807) is 43.3 Å². The Labute approximate surface area is 227 Å². The van der Waals surface area contributed by atoms with Crippen LogP contribution in [-0.2, 0) is 5.54 Å². The summed E-state index contributed by atoms with van der Waals surface area (Å²) in [5.74, 6) is -0.668. The molecule has 198 valence electrons. The van der Waals surface area contributed by atoms with E-state index in [2.05, 4.69) is 36.3 Å². The highest BCUT2D eigenvalue weighted by Gasteiger charge is 2.25. The molecule has 5 rings (SSSR count). The smallest absolute Gasteiger partial charge is 0.399 e. The van der Waals surface area contributed by atoms with Gasteiger partial charge in [0.15, 0.2) is 16.6 Å². The number of thiophene rings is 1. The molecule has 0 fully saturated rings. The van der Waals surface area contributed by atoms with Gasteiger partial charge in [0.05, 0.1) is 22.2 Å². The van der Waals surface area contributed by atoms with Crippen LogP contribution in [0.2, 0.25) is 0 Å². The number of hydrogen-bond acceptors (Lipinski definition) is 7. The molecule has 39 heavy (non-hydrogen) atoms. The number of aromatic nitrogens is 4. The zero-order valence-corrected chi connectivity index (χ0v) is 22.1. The van der Waals surface area contributed by atoms with Crippen molar-refractivity contribution in [3.8, 4) is 5.06 Å². The molecule has 0 saturated heterocycles. The van der Waals surface area contributed by atoms with Crippen LogP contribution in [0.15, 0.2) is 66.7 Å². The van der Waals surface area contributed by atoms with Gasteiger partial charge in [-0.15, -0.1) is 0 Å². The predicted octanol–water partition coefficient (Wildman–Crippen LogP) is 5.18. The van der Waals surface area contributed by atoms with Gasteiger partial charge in [-0.3, -0.25) is 19.8 Å².